The molecule has 2 aromatic rings. The molecule has 1 aromatic heterocycles. The van der Waals surface area contributed by atoms with E-state index < -0.39 is 0 Å². The monoisotopic (exact) mass is 312 g/mol. The standard InChI is InChI=1S/C18H20N2OS/c21-17(16-14-7-4-8-15(14)16)19-10-9-13-11-22-18(20-13)12-5-2-1-3-6-12/h1-3,5-6,11,14-16H,4,7-10H2,(H,19,21)/t14-,15-/m0/s1. The Kier molecular flexibility index (Phi) is 3.70. The van der Waals surface area contributed by atoms with Crippen molar-refractivity contribution in [3.05, 3.63) is 41.4 Å². The van der Waals surface area contributed by atoms with Crippen LogP contribution in [0.1, 0.15) is 25.0 Å². The Labute approximate surface area is 134 Å². The number of carbonyl (C=O) groups excluding carboxylic acids is 1. The van der Waals surface area contributed by atoms with Crippen LogP contribution < -0.4 is 5.32 Å². The minimum absolute atomic E-state index is 0.271. The first-order chi connectivity index (χ1) is 10.8. The molecular weight excluding hydrogens is 292 g/mol. The van der Waals surface area contributed by atoms with Gasteiger partial charge in [-0.3, -0.25) is 4.79 Å². The smallest absolute Gasteiger partial charge is 0.223 e. The Hall–Kier alpha value is -1.68. The third-order valence-corrected chi connectivity index (χ3v) is 5.90. The number of rotatable bonds is 5. The summed E-state index contributed by atoms with van der Waals surface area (Å²) in [6.07, 6.45) is 4.65. The summed E-state index contributed by atoms with van der Waals surface area (Å²) in [6.45, 7) is 0.701. The molecule has 0 unspecified atom stereocenters. The summed E-state index contributed by atoms with van der Waals surface area (Å²) in [4.78, 5) is 16.8. The van der Waals surface area contributed by atoms with Gasteiger partial charge in [0.15, 0.2) is 0 Å². The van der Waals surface area contributed by atoms with Crippen molar-refractivity contribution in [2.24, 2.45) is 17.8 Å². The van der Waals surface area contributed by atoms with E-state index >= 15 is 0 Å². The predicted octanol–water partition coefficient (Wildman–Crippen LogP) is 3.51. The maximum Gasteiger partial charge on any atom is 0.223 e. The number of hydrogen-bond donors (Lipinski definition) is 1. The van der Waals surface area contributed by atoms with Crippen LogP contribution in [0.25, 0.3) is 10.6 Å². The van der Waals surface area contributed by atoms with Crippen molar-refractivity contribution in [1.82, 2.24) is 10.3 Å². The number of aromatic nitrogens is 1. The van der Waals surface area contributed by atoms with Gasteiger partial charge in [-0.2, -0.15) is 0 Å². The quantitative estimate of drug-likeness (QED) is 0.918. The van der Waals surface area contributed by atoms with E-state index in [-0.39, 0.29) is 5.91 Å². The van der Waals surface area contributed by atoms with Gasteiger partial charge >= 0.3 is 0 Å². The molecule has 3 nitrogen and oxygen atoms in total. The summed E-state index contributed by atoms with van der Waals surface area (Å²) in [5, 5.41) is 6.25. The average Bonchev–Trinajstić information content (AvgIpc) is 2.94. The fourth-order valence-electron chi connectivity index (χ4n) is 3.78. The molecule has 4 heteroatoms. The number of benzene rings is 1. The van der Waals surface area contributed by atoms with E-state index in [0.29, 0.717) is 24.3 Å². The number of carbonyl (C=O) groups is 1. The summed E-state index contributed by atoms with van der Waals surface area (Å²) in [5.74, 6) is 1.99. The number of fused-ring (bicyclic) bond motifs is 1. The highest BCUT2D eigenvalue weighted by Crippen LogP contribution is 2.57. The molecule has 0 spiro atoms. The second-order valence-electron chi connectivity index (χ2n) is 6.34. The molecule has 0 saturated heterocycles. The van der Waals surface area contributed by atoms with Gasteiger partial charge in [0.05, 0.1) is 5.69 Å². The SMILES string of the molecule is O=C(NCCc1csc(-c2ccccc2)n1)C1[C@H]2CCC[C@H]12. The van der Waals surface area contributed by atoms with Gasteiger partial charge in [-0.25, -0.2) is 4.98 Å². The second-order valence-corrected chi connectivity index (χ2v) is 7.19. The molecule has 1 N–H and O–H groups in total. The third-order valence-electron chi connectivity index (χ3n) is 4.96. The van der Waals surface area contributed by atoms with E-state index in [2.05, 4.69) is 27.8 Å². The maximum atomic E-state index is 12.1. The molecule has 1 amide bonds. The summed E-state index contributed by atoms with van der Waals surface area (Å²) in [7, 11) is 0. The number of hydrogen-bond acceptors (Lipinski definition) is 3. The molecule has 114 valence electrons. The highest BCUT2D eigenvalue weighted by molar-refractivity contribution is 7.13. The van der Waals surface area contributed by atoms with Gasteiger partial charge in [0.1, 0.15) is 5.01 Å². The van der Waals surface area contributed by atoms with Crippen molar-refractivity contribution >= 4 is 17.2 Å². The topological polar surface area (TPSA) is 42.0 Å². The normalized spacial score (nSPS) is 25.7. The van der Waals surface area contributed by atoms with Crippen LogP contribution in [0, 0.1) is 17.8 Å². The lowest BCUT2D eigenvalue weighted by Crippen LogP contribution is -2.28. The van der Waals surface area contributed by atoms with Crippen LogP contribution >= 0.6 is 11.3 Å². The van der Waals surface area contributed by atoms with E-state index in [0.717, 1.165) is 22.7 Å². The van der Waals surface area contributed by atoms with Crippen LogP contribution in [0.15, 0.2) is 35.7 Å². The number of nitrogens with one attached hydrogen (secondary N) is 1. The van der Waals surface area contributed by atoms with Gasteiger partial charge in [-0.15, -0.1) is 11.3 Å². The molecule has 2 atom stereocenters. The molecule has 0 aliphatic heterocycles. The molecule has 1 heterocycles. The summed E-state index contributed by atoms with van der Waals surface area (Å²) < 4.78 is 0. The third kappa shape index (κ3) is 2.68. The van der Waals surface area contributed by atoms with E-state index in [1.54, 1.807) is 11.3 Å². The number of amides is 1. The van der Waals surface area contributed by atoms with Crippen LogP contribution in [0.5, 0.6) is 0 Å². The van der Waals surface area contributed by atoms with Crippen LogP contribution in [0.2, 0.25) is 0 Å². The Bertz CT molecular complexity index is 657. The number of nitrogens with zero attached hydrogens (tertiary/aromatic N) is 1. The molecule has 4 rings (SSSR count). The maximum absolute atomic E-state index is 12.1. The molecule has 0 bridgehead atoms. The van der Waals surface area contributed by atoms with E-state index in [9.17, 15) is 4.79 Å². The lowest BCUT2D eigenvalue weighted by Gasteiger charge is -2.05. The highest BCUT2D eigenvalue weighted by Gasteiger charge is 2.56. The van der Waals surface area contributed by atoms with Crippen molar-refractivity contribution in [2.45, 2.75) is 25.7 Å². The van der Waals surface area contributed by atoms with Crippen LogP contribution in [-0.2, 0) is 11.2 Å². The van der Waals surface area contributed by atoms with Crippen LogP contribution in [0.4, 0.5) is 0 Å². The van der Waals surface area contributed by atoms with Gasteiger partial charge in [0.2, 0.25) is 5.91 Å². The Balaban J connectivity index is 1.28. The lowest BCUT2D eigenvalue weighted by atomic mass is 10.1. The summed E-state index contributed by atoms with van der Waals surface area (Å²) >= 11 is 1.67. The summed E-state index contributed by atoms with van der Waals surface area (Å²) in [6, 6.07) is 10.2. The Morgan fingerprint density at radius 1 is 1.23 bits per heavy atom. The van der Waals surface area contributed by atoms with Gasteiger partial charge in [-0.05, 0) is 24.7 Å². The fraction of sp³-hybridized carbons (Fsp3) is 0.444. The highest BCUT2D eigenvalue weighted by atomic mass is 32.1. The predicted molar refractivity (Wildman–Crippen MR) is 88.6 cm³/mol. The molecule has 2 aliphatic rings. The average molecular weight is 312 g/mol. The Morgan fingerprint density at radius 3 is 2.77 bits per heavy atom. The molecule has 22 heavy (non-hydrogen) atoms. The first-order valence-corrected chi connectivity index (χ1v) is 8.98. The summed E-state index contributed by atoms with van der Waals surface area (Å²) in [5.41, 5.74) is 2.23. The van der Waals surface area contributed by atoms with Gasteiger partial charge in [0.25, 0.3) is 0 Å². The Morgan fingerprint density at radius 2 is 2.00 bits per heavy atom. The largest absolute Gasteiger partial charge is 0.355 e. The molecule has 1 aromatic carbocycles. The first kappa shape index (κ1) is 13.9. The fourth-order valence-corrected chi connectivity index (χ4v) is 4.64. The lowest BCUT2D eigenvalue weighted by molar-refractivity contribution is -0.123. The van der Waals surface area contributed by atoms with Crippen molar-refractivity contribution in [3.63, 3.8) is 0 Å². The zero-order valence-corrected chi connectivity index (χ0v) is 13.3. The molecule has 2 saturated carbocycles. The van der Waals surface area contributed by atoms with E-state index in [1.807, 2.05) is 18.2 Å². The van der Waals surface area contributed by atoms with Crippen molar-refractivity contribution in [1.29, 1.82) is 0 Å². The molecule has 2 fully saturated rings. The minimum atomic E-state index is 0.271. The van der Waals surface area contributed by atoms with Gasteiger partial charge in [-0.1, -0.05) is 36.8 Å². The zero-order valence-electron chi connectivity index (χ0n) is 12.5. The van der Waals surface area contributed by atoms with E-state index in [4.69, 9.17) is 0 Å². The van der Waals surface area contributed by atoms with E-state index in [1.165, 1.54) is 19.3 Å². The molecular formula is C18H20N2OS. The zero-order chi connectivity index (χ0) is 14.9. The van der Waals surface area contributed by atoms with Crippen molar-refractivity contribution in [2.75, 3.05) is 6.54 Å². The number of thiazole rings is 1. The van der Waals surface area contributed by atoms with Gasteiger partial charge < -0.3 is 5.32 Å². The van der Waals surface area contributed by atoms with Crippen LogP contribution in [-0.4, -0.2) is 17.4 Å². The second kappa shape index (κ2) is 5.84. The first-order valence-electron chi connectivity index (χ1n) is 8.10. The van der Waals surface area contributed by atoms with Crippen molar-refractivity contribution in [3.8, 4) is 10.6 Å². The van der Waals surface area contributed by atoms with Gasteiger partial charge in [0, 0.05) is 29.8 Å². The van der Waals surface area contributed by atoms with Crippen LogP contribution in [0.3, 0.4) is 0 Å². The minimum Gasteiger partial charge on any atom is -0.355 e. The molecule has 2 aliphatic carbocycles. The van der Waals surface area contributed by atoms with Crippen molar-refractivity contribution < 1.29 is 4.79 Å². The molecule has 0 radical (unpaired) electrons.